The van der Waals surface area contributed by atoms with Crippen LogP contribution in [0.5, 0.6) is 0 Å². The molecule has 0 saturated carbocycles. The van der Waals surface area contributed by atoms with E-state index in [9.17, 15) is 18.2 Å². The van der Waals surface area contributed by atoms with Gasteiger partial charge < -0.3 is 10.4 Å². The predicted molar refractivity (Wildman–Crippen MR) is 73.4 cm³/mol. The van der Waals surface area contributed by atoms with Crippen molar-refractivity contribution in [3.8, 4) is 0 Å². The normalized spacial score (nSPS) is 13.6. The Hall–Kier alpha value is -1.47. The van der Waals surface area contributed by atoms with Crippen LogP contribution in [0.25, 0.3) is 0 Å². The summed E-state index contributed by atoms with van der Waals surface area (Å²) in [6.07, 6.45) is 0. The van der Waals surface area contributed by atoms with E-state index in [-0.39, 0.29) is 16.5 Å². The molecule has 8 heteroatoms. The zero-order chi connectivity index (χ0) is 15.3. The maximum absolute atomic E-state index is 13.1. The lowest BCUT2D eigenvalue weighted by Crippen LogP contribution is -2.43. The van der Waals surface area contributed by atoms with Crippen LogP contribution in [-0.2, 0) is 26.1 Å². The monoisotopic (exact) mass is 321 g/mol. The molecule has 5 nitrogen and oxygen atoms in total. The fourth-order valence-corrected chi connectivity index (χ4v) is 3.06. The highest BCUT2D eigenvalue weighted by molar-refractivity contribution is 7.84. The summed E-state index contributed by atoms with van der Waals surface area (Å²) in [5.41, 5.74) is 0.331. The summed E-state index contributed by atoms with van der Waals surface area (Å²) in [6, 6.07) is 2.41. The minimum atomic E-state index is -1.60. The van der Waals surface area contributed by atoms with E-state index in [1.165, 1.54) is 19.1 Å². The number of rotatable bonds is 6. The van der Waals surface area contributed by atoms with Gasteiger partial charge in [-0.1, -0.05) is 11.6 Å². The third-order valence-electron chi connectivity index (χ3n) is 2.35. The van der Waals surface area contributed by atoms with Gasteiger partial charge in [-0.15, -0.1) is 0 Å². The Morgan fingerprint density at radius 2 is 2.15 bits per heavy atom. The van der Waals surface area contributed by atoms with Crippen LogP contribution in [0.2, 0.25) is 5.02 Å². The molecule has 1 aromatic carbocycles. The van der Waals surface area contributed by atoms with Gasteiger partial charge in [0.2, 0.25) is 5.91 Å². The summed E-state index contributed by atoms with van der Waals surface area (Å²) in [5, 5.41) is 11.3. The number of hydrogen-bond donors (Lipinski definition) is 2. The van der Waals surface area contributed by atoms with Gasteiger partial charge in [-0.05, 0) is 23.8 Å². The molecule has 0 fully saturated rings. The standard InChI is InChI=1S/C12H13ClFNO4S/c1-7(16)15-11(12(17)18)6-20(19)5-8-4-9(14)2-3-10(8)13/h2-4,11H,5-6H2,1H3,(H,15,16)(H,17,18)/t11-,20?/m0/s1. The topological polar surface area (TPSA) is 83.5 Å². The van der Waals surface area contributed by atoms with Crippen molar-refractivity contribution in [2.45, 2.75) is 18.7 Å². The quantitative estimate of drug-likeness (QED) is 0.827. The molecule has 1 amide bonds. The Morgan fingerprint density at radius 1 is 1.50 bits per heavy atom. The zero-order valence-electron chi connectivity index (χ0n) is 10.6. The van der Waals surface area contributed by atoms with E-state index in [0.717, 1.165) is 6.07 Å². The van der Waals surface area contributed by atoms with Crippen molar-refractivity contribution >= 4 is 34.3 Å². The second-order valence-electron chi connectivity index (χ2n) is 4.08. The summed E-state index contributed by atoms with van der Waals surface area (Å²) < 4.78 is 24.9. The van der Waals surface area contributed by atoms with E-state index in [0.29, 0.717) is 5.56 Å². The molecule has 2 N–H and O–H groups in total. The Kier molecular flexibility index (Phi) is 6.09. The maximum Gasteiger partial charge on any atom is 0.327 e. The SMILES string of the molecule is CC(=O)N[C@@H](CS(=O)Cc1cc(F)ccc1Cl)C(=O)O. The zero-order valence-corrected chi connectivity index (χ0v) is 12.1. The van der Waals surface area contributed by atoms with Gasteiger partial charge in [0.25, 0.3) is 0 Å². The molecular weight excluding hydrogens is 309 g/mol. The Bertz CT molecular complexity index is 552. The molecule has 0 aromatic heterocycles. The van der Waals surface area contributed by atoms with Gasteiger partial charge in [0.05, 0.1) is 11.5 Å². The number of halogens is 2. The number of hydrogen-bond acceptors (Lipinski definition) is 3. The Balaban J connectivity index is 2.72. The van der Waals surface area contributed by atoms with Crippen molar-refractivity contribution < 1.29 is 23.3 Å². The average molecular weight is 322 g/mol. The summed E-state index contributed by atoms with van der Waals surface area (Å²) in [6.45, 7) is 1.17. The van der Waals surface area contributed by atoms with Crippen LogP contribution < -0.4 is 5.32 Å². The molecular formula is C12H13ClFNO4S. The molecule has 1 unspecified atom stereocenters. The number of carboxylic acids is 1. The number of amides is 1. The van der Waals surface area contributed by atoms with Gasteiger partial charge in [-0.25, -0.2) is 9.18 Å². The molecule has 20 heavy (non-hydrogen) atoms. The highest BCUT2D eigenvalue weighted by Crippen LogP contribution is 2.18. The molecule has 1 rings (SSSR count). The van der Waals surface area contributed by atoms with Gasteiger partial charge in [-0.2, -0.15) is 0 Å². The van der Waals surface area contributed by atoms with Gasteiger partial charge in [-0.3, -0.25) is 9.00 Å². The molecule has 0 radical (unpaired) electrons. The summed E-state index contributed by atoms with van der Waals surface area (Å²) in [5.74, 6) is -2.68. The van der Waals surface area contributed by atoms with Crippen LogP contribution >= 0.6 is 11.6 Å². The van der Waals surface area contributed by atoms with E-state index >= 15 is 0 Å². The molecule has 2 atom stereocenters. The first-order valence-electron chi connectivity index (χ1n) is 5.58. The van der Waals surface area contributed by atoms with Crippen molar-refractivity contribution in [1.82, 2.24) is 5.32 Å². The largest absolute Gasteiger partial charge is 0.480 e. The maximum atomic E-state index is 13.1. The van der Waals surface area contributed by atoms with Crippen molar-refractivity contribution in [2.24, 2.45) is 0 Å². The molecule has 0 aliphatic heterocycles. The number of carboxylic acid groups (broad SMARTS) is 1. The lowest BCUT2D eigenvalue weighted by molar-refractivity contribution is -0.140. The van der Waals surface area contributed by atoms with Crippen LogP contribution in [0.1, 0.15) is 12.5 Å². The van der Waals surface area contributed by atoms with Crippen molar-refractivity contribution in [3.05, 3.63) is 34.6 Å². The van der Waals surface area contributed by atoms with E-state index < -0.39 is 34.5 Å². The first-order valence-corrected chi connectivity index (χ1v) is 7.45. The minimum Gasteiger partial charge on any atom is -0.480 e. The number of carbonyl (C=O) groups excluding carboxylic acids is 1. The fraction of sp³-hybridized carbons (Fsp3) is 0.333. The molecule has 1 aromatic rings. The first kappa shape index (κ1) is 16.6. The molecule has 0 aliphatic rings. The Labute approximate surface area is 122 Å². The number of benzene rings is 1. The molecule has 110 valence electrons. The van der Waals surface area contributed by atoms with Crippen LogP contribution in [0, 0.1) is 5.82 Å². The lowest BCUT2D eigenvalue weighted by Gasteiger charge is -2.13. The second kappa shape index (κ2) is 7.35. The molecule has 0 spiro atoms. The van der Waals surface area contributed by atoms with Gasteiger partial charge in [0.15, 0.2) is 0 Å². The third kappa shape index (κ3) is 5.26. The van der Waals surface area contributed by atoms with Gasteiger partial charge >= 0.3 is 5.97 Å². The molecule has 0 saturated heterocycles. The van der Waals surface area contributed by atoms with Crippen LogP contribution in [0.15, 0.2) is 18.2 Å². The highest BCUT2D eigenvalue weighted by Gasteiger charge is 2.21. The number of aliphatic carboxylic acids is 1. The van der Waals surface area contributed by atoms with E-state index in [1.54, 1.807) is 0 Å². The van der Waals surface area contributed by atoms with Crippen molar-refractivity contribution in [2.75, 3.05) is 5.75 Å². The average Bonchev–Trinajstić information content (AvgIpc) is 2.32. The number of carbonyl (C=O) groups is 2. The van der Waals surface area contributed by atoms with E-state index in [1.807, 2.05) is 0 Å². The predicted octanol–water partition coefficient (Wildman–Crippen LogP) is 1.32. The van der Waals surface area contributed by atoms with Crippen molar-refractivity contribution in [1.29, 1.82) is 0 Å². The van der Waals surface area contributed by atoms with Crippen LogP contribution in [-0.4, -0.2) is 33.0 Å². The smallest absolute Gasteiger partial charge is 0.327 e. The highest BCUT2D eigenvalue weighted by atomic mass is 35.5. The van der Waals surface area contributed by atoms with E-state index in [4.69, 9.17) is 16.7 Å². The molecule has 0 heterocycles. The van der Waals surface area contributed by atoms with Crippen molar-refractivity contribution in [3.63, 3.8) is 0 Å². The molecule has 0 aliphatic carbocycles. The summed E-state index contributed by atoms with van der Waals surface area (Å²) >= 11 is 5.84. The minimum absolute atomic E-state index is 0.0834. The second-order valence-corrected chi connectivity index (χ2v) is 5.99. The Morgan fingerprint density at radius 3 is 2.70 bits per heavy atom. The lowest BCUT2D eigenvalue weighted by atomic mass is 10.2. The summed E-state index contributed by atoms with van der Waals surface area (Å²) in [4.78, 5) is 21.8. The van der Waals surface area contributed by atoms with E-state index in [2.05, 4.69) is 5.32 Å². The van der Waals surface area contributed by atoms with Crippen LogP contribution in [0.4, 0.5) is 4.39 Å². The molecule has 0 bridgehead atoms. The first-order chi connectivity index (χ1) is 9.29. The fourth-order valence-electron chi connectivity index (χ4n) is 1.49. The number of nitrogens with one attached hydrogen (secondary N) is 1. The van der Waals surface area contributed by atoms with Gasteiger partial charge in [0, 0.05) is 22.7 Å². The van der Waals surface area contributed by atoms with Gasteiger partial charge in [0.1, 0.15) is 11.9 Å². The summed E-state index contributed by atoms with van der Waals surface area (Å²) in [7, 11) is -1.60. The third-order valence-corrected chi connectivity index (χ3v) is 4.06. The van der Waals surface area contributed by atoms with Crippen LogP contribution in [0.3, 0.4) is 0 Å².